The molecule has 1 saturated heterocycles. The molecular weight excluding hydrogens is 324 g/mol. The van der Waals surface area contributed by atoms with Gasteiger partial charge in [0.25, 0.3) is 0 Å². The highest BCUT2D eigenvalue weighted by Crippen LogP contribution is 2.35. The number of likely N-dealkylation sites (tertiary alicyclic amines) is 1. The zero-order chi connectivity index (χ0) is 17.7. The molecule has 1 fully saturated rings. The minimum Gasteiger partial charge on any atom is -0.326 e. The van der Waals surface area contributed by atoms with Crippen LogP contribution in [0.3, 0.4) is 0 Å². The van der Waals surface area contributed by atoms with E-state index in [-0.39, 0.29) is 18.1 Å². The molecule has 7 heteroatoms. The molecule has 134 valence electrons. The summed E-state index contributed by atoms with van der Waals surface area (Å²) in [5, 5.41) is 4.50. The summed E-state index contributed by atoms with van der Waals surface area (Å²) in [7, 11) is 3.87. The van der Waals surface area contributed by atoms with Gasteiger partial charge in [-0.2, -0.15) is 5.10 Å². The molecule has 3 heterocycles. The summed E-state index contributed by atoms with van der Waals surface area (Å²) in [6.45, 7) is 2.46. The number of aryl methyl sites for hydroxylation is 1. The second-order valence-corrected chi connectivity index (χ2v) is 7.28. The molecule has 25 heavy (non-hydrogen) atoms. The van der Waals surface area contributed by atoms with Gasteiger partial charge in [0, 0.05) is 56.1 Å². The van der Waals surface area contributed by atoms with Gasteiger partial charge in [-0.25, -0.2) is 8.78 Å². The topological polar surface area (TPSA) is 50.3 Å². The van der Waals surface area contributed by atoms with Gasteiger partial charge in [-0.05, 0) is 31.7 Å². The van der Waals surface area contributed by atoms with Crippen LogP contribution in [0, 0.1) is 11.6 Å². The van der Waals surface area contributed by atoms with Crippen LogP contribution in [-0.4, -0.2) is 45.3 Å². The van der Waals surface area contributed by atoms with Crippen LogP contribution in [0.15, 0.2) is 24.4 Å². The fourth-order valence-corrected chi connectivity index (χ4v) is 4.34. The first-order valence-corrected chi connectivity index (χ1v) is 8.58. The summed E-state index contributed by atoms with van der Waals surface area (Å²) < 4.78 is 29.6. The molecule has 2 aliphatic rings. The molecule has 0 aliphatic carbocycles. The third kappa shape index (κ3) is 2.96. The summed E-state index contributed by atoms with van der Waals surface area (Å²) >= 11 is 0. The van der Waals surface area contributed by atoms with E-state index in [0.717, 1.165) is 37.8 Å². The van der Waals surface area contributed by atoms with Crippen molar-refractivity contribution in [3.8, 4) is 0 Å². The van der Waals surface area contributed by atoms with Crippen LogP contribution in [0.25, 0.3) is 0 Å². The van der Waals surface area contributed by atoms with E-state index in [1.54, 1.807) is 0 Å². The predicted octanol–water partition coefficient (Wildman–Crippen LogP) is 1.79. The lowest BCUT2D eigenvalue weighted by Crippen LogP contribution is -2.54. The van der Waals surface area contributed by atoms with Gasteiger partial charge >= 0.3 is 0 Å². The Bertz CT molecular complexity index is 754. The van der Waals surface area contributed by atoms with Crippen LogP contribution in [0.2, 0.25) is 0 Å². The number of nitrogens with zero attached hydrogens (tertiary/aromatic N) is 4. The van der Waals surface area contributed by atoms with Crippen molar-refractivity contribution < 1.29 is 8.78 Å². The fourth-order valence-electron chi connectivity index (χ4n) is 4.34. The SMILES string of the molecule is CN1C[C@@H](N2Cc3cn(C)nc3C2)C[C@H](N)C1c1cc(F)ccc1F. The van der Waals surface area contributed by atoms with Crippen molar-refractivity contribution in [2.45, 2.75) is 37.6 Å². The van der Waals surface area contributed by atoms with Crippen LogP contribution >= 0.6 is 0 Å². The molecule has 2 aliphatic heterocycles. The second-order valence-electron chi connectivity index (χ2n) is 7.28. The Labute approximate surface area is 146 Å². The molecule has 2 N–H and O–H groups in total. The van der Waals surface area contributed by atoms with Crippen LogP contribution in [-0.2, 0) is 20.1 Å². The van der Waals surface area contributed by atoms with Crippen LogP contribution < -0.4 is 5.73 Å². The first-order chi connectivity index (χ1) is 11.9. The normalized spacial score (nSPS) is 27.6. The Kier molecular flexibility index (Phi) is 4.10. The minimum absolute atomic E-state index is 0.251. The molecule has 3 atom stereocenters. The molecule has 1 unspecified atom stereocenters. The molecule has 0 bridgehead atoms. The van der Waals surface area contributed by atoms with Gasteiger partial charge in [-0.15, -0.1) is 0 Å². The molecule has 5 nitrogen and oxygen atoms in total. The standard InChI is InChI=1S/C18H23F2N5/c1-23-9-13(25-8-11-7-24(2)22-17(11)10-25)6-16(21)18(23)14-5-12(19)3-4-15(14)20/h3-5,7,13,16,18H,6,8-10,21H2,1-2H3/t13-,16-,18?/m0/s1. The zero-order valence-electron chi connectivity index (χ0n) is 14.5. The summed E-state index contributed by atoms with van der Waals surface area (Å²) in [5.74, 6) is -0.828. The number of rotatable bonds is 2. The van der Waals surface area contributed by atoms with Gasteiger partial charge in [-0.1, -0.05) is 0 Å². The average Bonchev–Trinajstić information content (AvgIpc) is 3.07. The van der Waals surface area contributed by atoms with Crippen molar-refractivity contribution >= 4 is 0 Å². The van der Waals surface area contributed by atoms with Crippen molar-refractivity contribution in [2.75, 3.05) is 13.6 Å². The number of likely N-dealkylation sites (N-methyl/N-ethyl adjacent to an activating group) is 1. The molecule has 2 aromatic rings. The average molecular weight is 347 g/mol. The molecule has 1 aromatic heterocycles. The number of piperidine rings is 1. The van der Waals surface area contributed by atoms with E-state index in [1.165, 1.54) is 17.7 Å². The Morgan fingerprint density at radius 3 is 2.72 bits per heavy atom. The number of halogens is 2. The summed E-state index contributed by atoms with van der Waals surface area (Å²) in [6.07, 6.45) is 2.81. The van der Waals surface area contributed by atoms with Gasteiger partial charge in [-0.3, -0.25) is 14.5 Å². The van der Waals surface area contributed by atoms with Crippen LogP contribution in [0.5, 0.6) is 0 Å². The molecule has 0 amide bonds. The third-order valence-corrected chi connectivity index (χ3v) is 5.43. The van der Waals surface area contributed by atoms with Gasteiger partial charge in [0.1, 0.15) is 11.6 Å². The monoisotopic (exact) mass is 347 g/mol. The van der Waals surface area contributed by atoms with Crippen molar-refractivity contribution in [1.29, 1.82) is 0 Å². The molecule has 0 radical (unpaired) electrons. The lowest BCUT2D eigenvalue weighted by Gasteiger charge is -2.44. The fraction of sp³-hybridized carbons (Fsp3) is 0.500. The van der Waals surface area contributed by atoms with E-state index in [9.17, 15) is 8.78 Å². The van der Waals surface area contributed by atoms with Gasteiger partial charge in [0.05, 0.1) is 11.7 Å². The number of hydrogen-bond donors (Lipinski definition) is 1. The second kappa shape index (κ2) is 6.16. The number of benzene rings is 1. The highest BCUT2D eigenvalue weighted by molar-refractivity contribution is 5.26. The quantitative estimate of drug-likeness (QED) is 0.900. The third-order valence-electron chi connectivity index (χ3n) is 5.43. The van der Waals surface area contributed by atoms with E-state index in [4.69, 9.17) is 5.73 Å². The summed E-state index contributed by atoms with van der Waals surface area (Å²) in [5.41, 5.74) is 9.14. The number of aromatic nitrogens is 2. The Balaban J connectivity index is 1.51. The molecular formula is C18H23F2N5. The number of fused-ring (bicyclic) bond motifs is 1. The lowest BCUT2D eigenvalue weighted by atomic mass is 9.88. The molecule has 0 spiro atoms. The van der Waals surface area contributed by atoms with Crippen LogP contribution in [0.4, 0.5) is 8.78 Å². The van der Waals surface area contributed by atoms with E-state index in [0.29, 0.717) is 5.56 Å². The van der Waals surface area contributed by atoms with E-state index in [1.807, 2.05) is 23.7 Å². The maximum Gasteiger partial charge on any atom is 0.128 e. The Morgan fingerprint density at radius 1 is 1.20 bits per heavy atom. The maximum absolute atomic E-state index is 14.2. The van der Waals surface area contributed by atoms with E-state index in [2.05, 4.69) is 16.2 Å². The van der Waals surface area contributed by atoms with Crippen molar-refractivity contribution in [1.82, 2.24) is 19.6 Å². The largest absolute Gasteiger partial charge is 0.326 e. The number of hydrogen-bond acceptors (Lipinski definition) is 4. The number of nitrogens with two attached hydrogens (primary N) is 1. The first kappa shape index (κ1) is 16.6. The maximum atomic E-state index is 14.2. The van der Waals surface area contributed by atoms with Crippen molar-refractivity contribution in [2.24, 2.45) is 12.8 Å². The van der Waals surface area contributed by atoms with Gasteiger partial charge in [0.2, 0.25) is 0 Å². The van der Waals surface area contributed by atoms with Crippen molar-refractivity contribution in [3.63, 3.8) is 0 Å². The van der Waals surface area contributed by atoms with Gasteiger partial charge in [0.15, 0.2) is 0 Å². The van der Waals surface area contributed by atoms with Gasteiger partial charge < -0.3 is 5.73 Å². The van der Waals surface area contributed by atoms with Crippen LogP contribution in [0.1, 0.15) is 29.3 Å². The lowest BCUT2D eigenvalue weighted by molar-refractivity contribution is 0.0584. The van der Waals surface area contributed by atoms with E-state index >= 15 is 0 Å². The Hall–Kier alpha value is -1.83. The predicted molar refractivity (Wildman–Crippen MR) is 90.6 cm³/mol. The van der Waals surface area contributed by atoms with Crippen molar-refractivity contribution in [3.05, 3.63) is 52.9 Å². The molecule has 4 rings (SSSR count). The molecule has 0 saturated carbocycles. The minimum atomic E-state index is -0.430. The highest BCUT2D eigenvalue weighted by atomic mass is 19.1. The smallest absolute Gasteiger partial charge is 0.128 e. The first-order valence-electron chi connectivity index (χ1n) is 8.58. The Morgan fingerprint density at radius 2 is 2.00 bits per heavy atom. The molecule has 1 aromatic carbocycles. The summed E-state index contributed by atoms with van der Waals surface area (Å²) in [4.78, 5) is 4.43. The summed E-state index contributed by atoms with van der Waals surface area (Å²) in [6, 6.07) is 3.32. The highest BCUT2D eigenvalue weighted by Gasteiger charge is 2.38. The van der Waals surface area contributed by atoms with E-state index < -0.39 is 11.6 Å². The zero-order valence-corrected chi connectivity index (χ0v) is 14.5.